The van der Waals surface area contributed by atoms with Crippen LogP contribution in [0.4, 0.5) is 0 Å². The van der Waals surface area contributed by atoms with Gasteiger partial charge in [-0.25, -0.2) is 0 Å². The Balaban J connectivity index is 1.69. The second-order valence-corrected chi connectivity index (χ2v) is 6.48. The molecular formula is C17H26N2O3. The van der Waals surface area contributed by atoms with Gasteiger partial charge < -0.3 is 20.1 Å². The third kappa shape index (κ3) is 5.00. The molecule has 0 aliphatic carbocycles. The lowest BCUT2D eigenvalue weighted by atomic mass is 9.87. The number of carbonyl (C=O) groups is 1. The van der Waals surface area contributed by atoms with Crippen LogP contribution in [-0.2, 0) is 14.9 Å². The molecule has 1 aromatic carbocycles. The molecule has 2 N–H and O–H groups in total. The summed E-state index contributed by atoms with van der Waals surface area (Å²) < 4.78 is 11.0. The minimum atomic E-state index is -0.389. The standard InChI is InChI=1S/C17H26N2O3/c1-17(2,3)13-4-6-14(7-5-13)21-11-9-19-16(20)15-12-18-8-10-22-15/h4-7,15,18H,8-12H2,1-3H3,(H,19,20). The van der Waals surface area contributed by atoms with Gasteiger partial charge in [0.05, 0.1) is 13.2 Å². The van der Waals surface area contributed by atoms with Crippen molar-refractivity contribution in [3.63, 3.8) is 0 Å². The van der Waals surface area contributed by atoms with Crippen molar-refractivity contribution in [1.29, 1.82) is 0 Å². The molecule has 122 valence electrons. The van der Waals surface area contributed by atoms with Gasteiger partial charge in [-0.05, 0) is 23.1 Å². The molecule has 1 fully saturated rings. The summed E-state index contributed by atoms with van der Waals surface area (Å²) in [5.41, 5.74) is 1.41. The molecule has 1 saturated heterocycles. The summed E-state index contributed by atoms with van der Waals surface area (Å²) in [5, 5.41) is 5.96. The summed E-state index contributed by atoms with van der Waals surface area (Å²) in [4.78, 5) is 11.8. The SMILES string of the molecule is CC(C)(C)c1ccc(OCCNC(=O)C2CNCCO2)cc1. The maximum atomic E-state index is 11.8. The van der Waals surface area contributed by atoms with Crippen LogP contribution in [0.5, 0.6) is 5.75 Å². The molecule has 1 amide bonds. The molecule has 1 heterocycles. The van der Waals surface area contributed by atoms with Crippen LogP contribution in [0.2, 0.25) is 0 Å². The second-order valence-electron chi connectivity index (χ2n) is 6.48. The van der Waals surface area contributed by atoms with Crippen LogP contribution in [-0.4, -0.2) is 44.9 Å². The maximum Gasteiger partial charge on any atom is 0.250 e. The van der Waals surface area contributed by atoms with Crippen molar-refractivity contribution < 1.29 is 14.3 Å². The van der Waals surface area contributed by atoms with Crippen molar-refractivity contribution >= 4 is 5.91 Å². The van der Waals surface area contributed by atoms with E-state index in [1.807, 2.05) is 12.1 Å². The lowest BCUT2D eigenvalue weighted by molar-refractivity contribution is -0.134. The van der Waals surface area contributed by atoms with Crippen LogP contribution in [0, 0.1) is 0 Å². The number of benzene rings is 1. The molecule has 0 bridgehead atoms. The Morgan fingerprint density at radius 1 is 1.36 bits per heavy atom. The Morgan fingerprint density at radius 2 is 2.09 bits per heavy atom. The highest BCUT2D eigenvalue weighted by Crippen LogP contribution is 2.24. The Kier molecular flexibility index (Phi) is 5.80. The Bertz CT molecular complexity index is 474. The van der Waals surface area contributed by atoms with Gasteiger partial charge >= 0.3 is 0 Å². The van der Waals surface area contributed by atoms with Gasteiger partial charge in [0.15, 0.2) is 0 Å². The zero-order valence-corrected chi connectivity index (χ0v) is 13.6. The fraction of sp³-hybridized carbons (Fsp3) is 0.588. The van der Waals surface area contributed by atoms with Gasteiger partial charge in [-0.2, -0.15) is 0 Å². The topological polar surface area (TPSA) is 59.6 Å². The minimum Gasteiger partial charge on any atom is -0.492 e. The number of ether oxygens (including phenoxy) is 2. The summed E-state index contributed by atoms with van der Waals surface area (Å²) in [6.07, 6.45) is -0.389. The van der Waals surface area contributed by atoms with Crippen molar-refractivity contribution in [3.05, 3.63) is 29.8 Å². The third-order valence-corrected chi connectivity index (χ3v) is 3.61. The molecule has 1 unspecified atom stereocenters. The first kappa shape index (κ1) is 16.8. The summed E-state index contributed by atoms with van der Waals surface area (Å²) in [5.74, 6) is 0.733. The molecule has 1 aliphatic heterocycles. The molecule has 0 radical (unpaired) electrons. The van der Waals surface area contributed by atoms with E-state index in [1.165, 1.54) is 5.56 Å². The lowest BCUT2D eigenvalue weighted by Gasteiger charge is -2.22. The summed E-state index contributed by atoms with van der Waals surface area (Å²) in [6.45, 7) is 9.41. The molecule has 1 aromatic rings. The first-order valence-electron chi connectivity index (χ1n) is 7.80. The molecule has 5 nitrogen and oxygen atoms in total. The van der Waals surface area contributed by atoms with Gasteiger partial charge in [0.2, 0.25) is 0 Å². The van der Waals surface area contributed by atoms with E-state index < -0.39 is 0 Å². The number of carbonyl (C=O) groups excluding carboxylic acids is 1. The third-order valence-electron chi connectivity index (χ3n) is 3.61. The van der Waals surface area contributed by atoms with Gasteiger partial charge in [0, 0.05) is 13.1 Å². The van der Waals surface area contributed by atoms with E-state index in [4.69, 9.17) is 9.47 Å². The van der Waals surface area contributed by atoms with Crippen molar-refractivity contribution in [2.45, 2.75) is 32.3 Å². The summed E-state index contributed by atoms with van der Waals surface area (Å²) in [7, 11) is 0. The smallest absolute Gasteiger partial charge is 0.250 e. The highest BCUT2D eigenvalue weighted by atomic mass is 16.5. The first-order chi connectivity index (χ1) is 10.5. The number of rotatable bonds is 5. The molecule has 1 aliphatic rings. The van der Waals surface area contributed by atoms with E-state index in [1.54, 1.807) is 0 Å². The van der Waals surface area contributed by atoms with E-state index in [9.17, 15) is 4.79 Å². The highest BCUT2D eigenvalue weighted by molar-refractivity contribution is 5.81. The fourth-order valence-electron chi connectivity index (χ4n) is 2.24. The molecule has 2 rings (SSSR count). The van der Waals surface area contributed by atoms with E-state index in [0.29, 0.717) is 26.3 Å². The van der Waals surface area contributed by atoms with E-state index in [-0.39, 0.29) is 17.4 Å². The molecule has 5 heteroatoms. The van der Waals surface area contributed by atoms with Crippen LogP contribution < -0.4 is 15.4 Å². The van der Waals surface area contributed by atoms with Crippen LogP contribution >= 0.6 is 0 Å². The minimum absolute atomic E-state index is 0.0844. The Morgan fingerprint density at radius 3 is 2.68 bits per heavy atom. The van der Waals surface area contributed by atoms with Crippen LogP contribution in [0.1, 0.15) is 26.3 Å². The normalized spacial score (nSPS) is 18.8. The van der Waals surface area contributed by atoms with Crippen LogP contribution in [0.25, 0.3) is 0 Å². The van der Waals surface area contributed by atoms with Crippen molar-refractivity contribution in [1.82, 2.24) is 10.6 Å². The van der Waals surface area contributed by atoms with E-state index in [2.05, 4.69) is 43.5 Å². The van der Waals surface area contributed by atoms with Gasteiger partial charge in [-0.15, -0.1) is 0 Å². The van der Waals surface area contributed by atoms with Crippen LogP contribution in [0.15, 0.2) is 24.3 Å². The molecule has 1 atom stereocenters. The largest absolute Gasteiger partial charge is 0.492 e. The maximum absolute atomic E-state index is 11.8. The molecule has 0 spiro atoms. The predicted octanol–water partition coefficient (Wildman–Crippen LogP) is 1.47. The van der Waals surface area contributed by atoms with Crippen molar-refractivity contribution in [2.24, 2.45) is 0 Å². The summed E-state index contributed by atoms with van der Waals surface area (Å²) >= 11 is 0. The van der Waals surface area contributed by atoms with Gasteiger partial charge in [0.1, 0.15) is 18.5 Å². The first-order valence-corrected chi connectivity index (χ1v) is 7.80. The quantitative estimate of drug-likeness (QED) is 0.809. The molecule has 22 heavy (non-hydrogen) atoms. The number of morpholine rings is 1. The zero-order valence-electron chi connectivity index (χ0n) is 13.6. The average Bonchev–Trinajstić information content (AvgIpc) is 2.52. The highest BCUT2D eigenvalue weighted by Gasteiger charge is 2.21. The zero-order chi connectivity index (χ0) is 16.0. The van der Waals surface area contributed by atoms with Crippen LogP contribution in [0.3, 0.4) is 0 Å². The second kappa shape index (κ2) is 7.61. The Hall–Kier alpha value is -1.59. The molecule has 0 saturated carbocycles. The number of nitrogens with one attached hydrogen (secondary N) is 2. The van der Waals surface area contributed by atoms with Crippen molar-refractivity contribution in [3.8, 4) is 5.75 Å². The van der Waals surface area contributed by atoms with Crippen molar-refractivity contribution in [2.75, 3.05) is 32.8 Å². The number of hydrogen-bond acceptors (Lipinski definition) is 4. The average molecular weight is 306 g/mol. The van der Waals surface area contributed by atoms with Gasteiger partial charge in [0.25, 0.3) is 5.91 Å². The van der Waals surface area contributed by atoms with Gasteiger partial charge in [-0.1, -0.05) is 32.9 Å². The van der Waals surface area contributed by atoms with E-state index in [0.717, 1.165) is 12.3 Å². The lowest BCUT2D eigenvalue weighted by Crippen LogP contribution is -2.48. The monoisotopic (exact) mass is 306 g/mol. The predicted molar refractivity (Wildman–Crippen MR) is 86.3 cm³/mol. The Labute approximate surface area is 132 Å². The van der Waals surface area contributed by atoms with Gasteiger partial charge in [-0.3, -0.25) is 4.79 Å². The molecular weight excluding hydrogens is 280 g/mol. The molecule has 0 aromatic heterocycles. The summed E-state index contributed by atoms with van der Waals surface area (Å²) in [6, 6.07) is 8.10. The number of amides is 1. The number of hydrogen-bond donors (Lipinski definition) is 2. The van der Waals surface area contributed by atoms with E-state index >= 15 is 0 Å². The fourth-order valence-corrected chi connectivity index (χ4v) is 2.24.